The third kappa shape index (κ3) is 5.49. The van der Waals surface area contributed by atoms with Gasteiger partial charge in [0.2, 0.25) is 0 Å². The largest absolute Gasteiger partial charge is 0.507 e. The first-order chi connectivity index (χ1) is 11.4. The molecule has 0 unspecified atom stereocenters. The van der Waals surface area contributed by atoms with E-state index < -0.39 is 0 Å². The average Bonchev–Trinajstić information content (AvgIpc) is 2.53. The fourth-order valence-corrected chi connectivity index (χ4v) is 3.35. The Morgan fingerprint density at radius 3 is 1.79 bits per heavy atom. The molecular weight excluding hydrogens is 300 g/mol. The molecule has 0 aliphatic heterocycles. The van der Waals surface area contributed by atoms with Crippen molar-refractivity contribution in [3.8, 4) is 5.75 Å². The topological polar surface area (TPSA) is 38.7 Å². The summed E-state index contributed by atoms with van der Waals surface area (Å²) in [6.07, 6.45) is 5.36. The van der Waals surface area contributed by atoms with Gasteiger partial charge in [-0.3, -0.25) is 0 Å². The second-order valence-corrected chi connectivity index (χ2v) is 7.86. The van der Waals surface area contributed by atoms with E-state index in [0.717, 1.165) is 17.0 Å². The number of ether oxygens (including phenoxy) is 2. The van der Waals surface area contributed by atoms with Gasteiger partial charge in [-0.15, -0.1) is 0 Å². The molecule has 1 aromatic carbocycles. The van der Waals surface area contributed by atoms with Gasteiger partial charge in [0, 0.05) is 11.1 Å². The zero-order chi connectivity index (χ0) is 17.7. The lowest BCUT2D eigenvalue weighted by atomic mass is 9.78. The monoisotopic (exact) mass is 334 g/mol. The minimum Gasteiger partial charge on any atom is -0.507 e. The molecule has 3 nitrogen and oxygen atoms in total. The summed E-state index contributed by atoms with van der Waals surface area (Å²) in [7, 11) is 0. The van der Waals surface area contributed by atoms with E-state index in [-0.39, 0.29) is 12.2 Å². The maximum absolute atomic E-state index is 10.6. The lowest BCUT2D eigenvalue weighted by Crippen LogP contribution is -2.12. The van der Waals surface area contributed by atoms with Crippen LogP contribution in [0.2, 0.25) is 0 Å². The molecular formula is C21H34O3. The molecule has 1 saturated carbocycles. The van der Waals surface area contributed by atoms with Crippen LogP contribution >= 0.6 is 0 Å². The normalized spacial score (nSPS) is 21.6. The van der Waals surface area contributed by atoms with Crippen molar-refractivity contribution in [1.29, 1.82) is 0 Å². The van der Waals surface area contributed by atoms with Crippen LogP contribution in [0.4, 0.5) is 0 Å². The third-order valence-corrected chi connectivity index (χ3v) is 4.92. The molecule has 1 fully saturated rings. The van der Waals surface area contributed by atoms with Crippen LogP contribution in [0.25, 0.3) is 0 Å². The molecule has 3 heteroatoms. The fourth-order valence-electron chi connectivity index (χ4n) is 3.35. The van der Waals surface area contributed by atoms with Gasteiger partial charge >= 0.3 is 0 Å². The number of hydrogen-bond donors (Lipinski definition) is 1. The van der Waals surface area contributed by atoms with Gasteiger partial charge in [0.05, 0.1) is 25.4 Å². The molecule has 0 atom stereocenters. The second kappa shape index (κ2) is 8.87. The highest BCUT2D eigenvalue weighted by Crippen LogP contribution is 2.38. The maximum Gasteiger partial charge on any atom is 0.126 e. The average molecular weight is 335 g/mol. The van der Waals surface area contributed by atoms with E-state index in [1.807, 2.05) is 27.7 Å². The molecule has 24 heavy (non-hydrogen) atoms. The van der Waals surface area contributed by atoms with Gasteiger partial charge in [0.15, 0.2) is 0 Å². The fraction of sp³-hybridized carbons (Fsp3) is 0.714. The first-order valence-corrected chi connectivity index (χ1v) is 9.44. The second-order valence-electron chi connectivity index (χ2n) is 7.86. The Hall–Kier alpha value is -1.06. The summed E-state index contributed by atoms with van der Waals surface area (Å²) in [5, 5.41) is 10.6. The summed E-state index contributed by atoms with van der Waals surface area (Å²) >= 11 is 0. The maximum atomic E-state index is 10.6. The molecule has 0 amide bonds. The molecule has 1 aromatic rings. The van der Waals surface area contributed by atoms with Crippen LogP contribution < -0.4 is 0 Å². The lowest BCUT2D eigenvalue weighted by molar-refractivity contribution is 0.0600. The molecule has 1 aliphatic rings. The Labute approximate surface area is 147 Å². The molecule has 0 spiro atoms. The van der Waals surface area contributed by atoms with E-state index in [1.165, 1.54) is 31.2 Å². The minimum absolute atomic E-state index is 0.152. The third-order valence-electron chi connectivity index (χ3n) is 4.92. The summed E-state index contributed by atoms with van der Waals surface area (Å²) in [4.78, 5) is 0. The van der Waals surface area contributed by atoms with Gasteiger partial charge in [-0.25, -0.2) is 0 Å². The van der Waals surface area contributed by atoms with Crippen molar-refractivity contribution in [2.75, 3.05) is 0 Å². The number of aromatic hydroxyl groups is 1. The molecule has 0 saturated heterocycles. The predicted molar refractivity (Wildman–Crippen MR) is 98.3 cm³/mol. The number of hydrogen-bond acceptors (Lipinski definition) is 3. The Morgan fingerprint density at radius 1 is 0.917 bits per heavy atom. The first-order valence-electron chi connectivity index (χ1n) is 9.44. The minimum atomic E-state index is 0.152. The van der Waals surface area contributed by atoms with Crippen LogP contribution in [-0.4, -0.2) is 17.3 Å². The van der Waals surface area contributed by atoms with E-state index >= 15 is 0 Å². The van der Waals surface area contributed by atoms with Crippen molar-refractivity contribution >= 4 is 0 Å². The summed E-state index contributed by atoms with van der Waals surface area (Å²) in [5.74, 6) is 1.77. The van der Waals surface area contributed by atoms with Crippen molar-refractivity contribution in [1.82, 2.24) is 0 Å². The van der Waals surface area contributed by atoms with Gasteiger partial charge in [0.1, 0.15) is 5.75 Å². The van der Waals surface area contributed by atoms with Gasteiger partial charge in [-0.05, 0) is 70.1 Å². The predicted octanol–water partition coefficient (Wildman–Crippen LogP) is 5.54. The molecule has 1 aliphatic carbocycles. The Bertz CT molecular complexity index is 481. The number of rotatable bonds is 7. The van der Waals surface area contributed by atoms with Crippen LogP contribution in [0.3, 0.4) is 0 Å². The van der Waals surface area contributed by atoms with Crippen molar-refractivity contribution in [2.24, 2.45) is 5.92 Å². The van der Waals surface area contributed by atoms with Crippen LogP contribution in [0.1, 0.15) is 82.9 Å². The number of phenolic OH excluding ortho intramolecular Hbond substituents is 1. The Kier molecular flexibility index (Phi) is 7.12. The molecule has 0 aromatic heterocycles. The van der Waals surface area contributed by atoms with E-state index in [9.17, 15) is 5.11 Å². The summed E-state index contributed by atoms with van der Waals surface area (Å²) in [6, 6.07) is 4.30. The Morgan fingerprint density at radius 2 is 1.38 bits per heavy atom. The zero-order valence-electron chi connectivity index (χ0n) is 16.0. The van der Waals surface area contributed by atoms with Gasteiger partial charge in [0.25, 0.3) is 0 Å². The molecule has 0 radical (unpaired) electrons. The molecule has 2 rings (SSSR count). The lowest BCUT2D eigenvalue weighted by Gasteiger charge is -2.27. The summed E-state index contributed by atoms with van der Waals surface area (Å²) in [5.41, 5.74) is 3.12. The quantitative estimate of drug-likeness (QED) is 0.712. The van der Waals surface area contributed by atoms with Crippen LogP contribution in [0.5, 0.6) is 5.75 Å². The number of benzene rings is 1. The number of phenols is 1. The van der Waals surface area contributed by atoms with Gasteiger partial charge < -0.3 is 14.6 Å². The van der Waals surface area contributed by atoms with Crippen LogP contribution in [0.15, 0.2) is 12.1 Å². The van der Waals surface area contributed by atoms with E-state index in [0.29, 0.717) is 24.9 Å². The first kappa shape index (κ1) is 19.3. The summed E-state index contributed by atoms with van der Waals surface area (Å²) < 4.78 is 11.5. The van der Waals surface area contributed by atoms with Crippen molar-refractivity contribution in [3.05, 3.63) is 28.8 Å². The standard InChI is InChI=1S/C21H34O3/c1-14(2)23-12-19-10-18(17-8-6-16(5)7-9-17)11-20(21(19)22)13-24-15(3)4/h10-11,14-17,22H,6-9,12-13H2,1-5H3. The molecule has 0 heterocycles. The highest BCUT2D eigenvalue weighted by atomic mass is 16.5. The van der Waals surface area contributed by atoms with Crippen molar-refractivity contribution in [2.45, 2.75) is 91.6 Å². The summed E-state index contributed by atoms with van der Waals surface area (Å²) in [6.45, 7) is 11.3. The zero-order valence-corrected chi connectivity index (χ0v) is 16.0. The van der Waals surface area contributed by atoms with Gasteiger partial charge in [-0.2, -0.15) is 0 Å². The van der Waals surface area contributed by atoms with E-state index in [1.54, 1.807) is 0 Å². The van der Waals surface area contributed by atoms with Crippen molar-refractivity contribution < 1.29 is 14.6 Å². The van der Waals surface area contributed by atoms with E-state index in [4.69, 9.17) is 9.47 Å². The van der Waals surface area contributed by atoms with Crippen molar-refractivity contribution in [3.63, 3.8) is 0 Å². The molecule has 0 bridgehead atoms. The van der Waals surface area contributed by atoms with Crippen LogP contribution in [0, 0.1) is 5.92 Å². The smallest absolute Gasteiger partial charge is 0.126 e. The Balaban J connectivity index is 2.24. The molecule has 136 valence electrons. The van der Waals surface area contributed by atoms with E-state index in [2.05, 4.69) is 19.1 Å². The molecule has 1 N–H and O–H groups in total. The van der Waals surface area contributed by atoms with Gasteiger partial charge in [-0.1, -0.05) is 19.8 Å². The highest BCUT2D eigenvalue weighted by molar-refractivity contribution is 5.44. The SMILES string of the molecule is CC1CCC(c2cc(COC(C)C)c(O)c(COC(C)C)c2)CC1. The van der Waals surface area contributed by atoms with Crippen LogP contribution in [-0.2, 0) is 22.7 Å². The highest BCUT2D eigenvalue weighted by Gasteiger charge is 2.22.